The van der Waals surface area contributed by atoms with Crippen LogP contribution in [-0.2, 0) is 0 Å². The lowest BCUT2D eigenvalue weighted by Crippen LogP contribution is -2.24. The Morgan fingerprint density at radius 3 is 2.38 bits per heavy atom. The van der Waals surface area contributed by atoms with E-state index in [4.69, 9.17) is 4.74 Å². The zero-order chi connectivity index (χ0) is 15.2. The minimum absolute atomic E-state index is 0.139. The summed E-state index contributed by atoms with van der Waals surface area (Å²) in [6.45, 7) is 4.23. The van der Waals surface area contributed by atoms with Crippen molar-refractivity contribution in [2.45, 2.75) is 32.4 Å². The minimum Gasteiger partial charge on any atom is -0.496 e. The number of hydrogen-bond donors (Lipinski definition) is 1. The standard InChI is InChI=1S/C18H22FNO/c1-4-17(16-7-5-6-8-18(16)21-3)20-13(2)14-9-11-15(19)12-10-14/h5-13,17,20H,4H2,1-3H3/t13-,17?/m0/s1. The molecule has 112 valence electrons. The zero-order valence-corrected chi connectivity index (χ0v) is 12.8. The van der Waals surface area contributed by atoms with Crippen molar-refractivity contribution in [2.24, 2.45) is 0 Å². The van der Waals surface area contributed by atoms with Gasteiger partial charge in [-0.25, -0.2) is 4.39 Å². The van der Waals surface area contributed by atoms with Gasteiger partial charge in [0.2, 0.25) is 0 Å². The maximum absolute atomic E-state index is 13.0. The van der Waals surface area contributed by atoms with Crippen LogP contribution in [-0.4, -0.2) is 7.11 Å². The summed E-state index contributed by atoms with van der Waals surface area (Å²) in [7, 11) is 1.69. The van der Waals surface area contributed by atoms with Crippen molar-refractivity contribution >= 4 is 0 Å². The zero-order valence-electron chi connectivity index (χ0n) is 12.8. The second-order valence-electron chi connectivity index (χ2n) is 5.14. The van der Waals surface area contributed by atoms with Crippen LogP contribution in [0.1, 0.15) is 43.5 Å². The largest absolute Gasteiger partial charge is 0.496 e. The maximum atomic E-state index is 13.0. The molecule has 0 aliphatic carbocycles. The first kappa shape index (κ1) is 15.5. The SMILES string of the molecule is CCC(N[C@@H](C)c1ccc(F)cc1)c1ccccc1OC. The normalized spacial score (nSPS) is 13.7. The quantitative estimate of drug-likeness (QED) is 0.836. The predicted octanol–water partition coefficient (Wildman–Crippen LogP) is 4.64. The highest BCUT2D eigenvalue weighted by atomic mass is 19.1. The van der Waals surface area contributed by atoms with Gasteiger partial charge < -0.3 is 10.1 Å². The van der Waals surface area contributed by atoms with Crippen LogP contribution in [0.5, 0.6) is 5.75 Å². The van der Waals surface area contributed by atoms with Gasteiger partial charge in [-0.05, 0) is 37.1 Å². The summed E-state index contributed by atoms with van der Waals surface area (Å²) >= 11 is 0. The van der Waals surface area contributed by atoms with Crippen LogP contribution in [0.4, 0.5) is 4.39 Å². The molecule has 0 fully saturated rings. The van der Waals surface area contributed by atoms with Crippen LogP contribution in [0.2, 0.25) is 0 Å². The highest BCUT2D eigenvalue weighted by Crippen LogP contribution is 2.29. The second kappa shape index (κ2) is 7.23. The van der Waals surface area contributed by atoms with Crippen molar-refractivity contribution in [2.75, 3.05) is 7.11 Å². The summed E-state index contributed by atoms with van der Waals surface area (Å²) in [5.41, 5.74) is 2.22. The van der Waals surface area contributed by atoms with Crippen LogP contribution in [0.25, 0.3) is 0 Å². The van der Waals surface area contributed by atoms with E-state index in [0.29, 0.717) is 0 Å². The van der Waals surface area contributed by atoms with Crippen molar-refractivity contribution in [3.8, 4) is 5.75 Å². The van der Waals surface area contributed by atoms with Crippen molar-refractivity contribution in [1.82, 2.24) is 5.32 Å². The van der Waals surface area contributed by atoms with Gasteiger partial charge >= 0.3 is 0 Å². The van der Waals surface area contributed by atoms with Crippen LogP contribution in [0, 0.1) is 5.82 Å². The highest BCUT2D eigenvalue weighted by Gasteiger charge is 2.17. The molecule has 0 saturated heterocycles. The van der Waals surface area contributed by atoms with Crippen molar-refractivity contribution in [1.29, 1.82) is 0 Å². The third-order valence-corrected chi connectivity index (χ3v) is 3.74. The van der Waals surface area contributed by atoms with E-state index in [-0.39, 0.29) is 17.9 Å². The molecule has 2 rings (SSSR count). The number of rotatable bonds is 6. The Hall–Kier alpha value is -1.87. The molecule has 21 heavy (non-hydrogen) atoms. The fourth-order valence-corrected chi connectivity index (χ4v) is 2.53. The van der Waals surface area contributed by atoms with E-state index in [9.17, 15) is 4.39 Å². The number of para-hydroxylation sites is 1. The third kappa shape index (κ3) is 3.82. The van der Waals surface area contributed by atoms with E-state index in [1.54, 1.807) is 7.11 Å². The third-order valence-electron chi connectivity index (χ3n) is 3.74. The van der Waals surface area contributed by atoms with E-state index in [2.05, 4.69) is 25.2 Å². The number of methoxy groups -OCH3 is 1. The molecule has 0 spiro atoms. The first-order valence-electron chi connectivity index (χ1n) is 7.30. The molecule has 0 amide bonds. The molecule has 3 heteroatoms. The molecule has 2 aromatic rings. The Labute approximate surface area is 126 Å². The smallest absolute Gasteiger partial charge is 0.123 e. The summed E-state index contributed by atoms with van der Waals surface area (Å²) in [6.07, 6.45) is 0.950. The van der Waals surface area contributed by atoms with Gasteiger partial charge in [-0.2, -0.15) is 0 Å². The Bertz CT molecular complexity index is 568. The Morgan fingerprint density at radius 2 is 1.76 bits per heavy atom. The van der Waals surface area contributed by atoms with Crippen molar-refractivity contribution in [3.05, 3.63) is 65.5 Å². The maximum Gasteiger partial charge on any atom is 0.123 e. The molecule has 0 aliphatic rings. The summed E-state index contributed by atoms with van der Waals surface area (Å²) < 4.78 is 18.4. The van der Waals surface area contributed by atoms with Gasteiger partial charge in [0.15, 0.2) is 0 Å². The van der Waals surface area contributed by atoms with Crippen molar-refractivity contribution in [3.63, 3.8) is 0 Å². The van der Waals surface area contributed by atoms with Crippen LogP contribution < -0.4 is 10.1 Å². The Morgan fingerprint density at radius 1 is 1.10 bits per heavy atom. The Balaban J connectivity index is 2.16. The molecule has 0 aromatic heterocycles. The Kier molecular flexibility index (Phi) is 5.34. The van der Waals surface area contributed by atoms with Crippen LogP contribution in [0.15, 0.2) is 48.5 Å². The van der Waals surface area contributed by atoms with Gasteiger partial charge in [-0.3, -0.25) is 0 Å². The molecular weight excluding hydrogens is 265 g/mol. The predicted molar refractivity (Wildman–Crippen MR) is 84.0 cm³/mol. The lowest BCUT2D eigenvalue weighted by Gasteiger charge is -2.24. The summed E-state index contributed by atoms with van der Waals surface area (Å²) in [5, 5.41) is 3.59. The fraction of sp³-hybridized carbons (Fsp3) is 0.333. The summed E-state index contributed by atoms with van der Waals surface area (Å²) in [6, 6.07) is 15.0. The van der Waals surface area contributed by atoms with Gasteiger partial charge in [-0.1, -0.05) is 37.3 Å². The molecule has 1 unspecified atom stereocenters. The number of halogens is 1. The molecule has 2 aromatic carbocycles. The first-order valence-corrected chi connectivity index (χ1v) is 7.30. The summed E-state index contributed by atoms with van der Waals surface area (Å²) in [4.78, 5) is 0. The monoisotopic (exact) mass is 287 g/mol. The fourth-order valence-electron chi connectivity index (χ4n) is 2.53. The molecule has 2 atom stereocenters. The molecule has 0 saturated carbocycles. The van der Waals surface area contributed by atoms with Crippen LogP contribution >= 0.6 is 0 Å². The number of hydrogen-bond acceptors (Lipinski definition) is 2. The average Bonchev–Trinajstić information content (AvgIpc) is 2.53. The second-order valence-corrected chi connectivity index (χ2v) is 5.14. The number of ether oxygens (including phenoxy) is 1. The van der Waals surface area contributed by atoms with E-state index in [0.717, 1.165) is 23.3 Å². The molecule has 2 nitrogen and oxygen atoms in total. The number of nitrogens with one attached hydrogen (secondary N) is 1. The molecule has 0 bridgehead atoms. The van der Waals surface area contributed by atoms with Crippen LogP contribution in [0.3, 0.4) is 0 Å². The average molecular weight is 287 g/mol. The highest BCUT2D eigenvalue weighted by molar-refractivity contribution is 5.36. The lowest BCUT2D eigenvalue weighted by atomic mass is 10.0. The molecule has 0 radical (unpaired) electrons. The molecule has 0 heterocycles. The van der Waals surface area contributed by atoms with E-state index >= 15 is 0 Å². The van der Waals surface area contributed by atoms with Gasteiger partial charge in [0, 0.05) is 17.6 Å². The molecular formula is C18H22FNO. The van der Waals surface area contributed by atoms with Gasteiger partial charge in [0.25, 0.3) is 0 Å². The van der Waals surface area contributed by atoms with E-state index < -0.39 is 0 Å². The minimum atomic E-state index is -0.206. The van der Waals surface area contributed by atoms with E-state index in [1.807, 2.05) is 30.3 Å². The summed E-state index contributed by atoms with van der Waals surface area (Å²) in [5.74, 6) is 0.686. The molecule has 0 aliphatic heterocycles. The van der Waals surface area contributed by atoms with Gasteiger partial charge in [-0.15, -0.1) is 0 Å². The van der Waals surface area contributed by atoms with Gasteiger partial charge in [0.05, 0.1) is 7.11 Å². The molecule has 1 N–H and O–H groups in total. The first-order chi connectivity index (χ1) is 10.2. The number of benzene rings is 2. The topological polar surface area (TPSA) is 21.3 Å². The lowest BCUT2D eigenvalue weighted by molar-refractivity contribution is 0.388. The van der Waals surface area contributed by atoms with Crippen molar-refractivity contribution < 1.29 is 9.13 Å². The van der Waals surface area contributed by atoms with Gasteiger partial charge in [0.1, 0.15) is 11.6 Å². The van der Waals surface area contributed by atoms with E-state index in [1.165, 1.54) is 12.1 Å².